The molecule has 0 radical (unpaired) electrons. The van der Waals surface area contributed by atoms with Crippen molar-refractivity contribution >= 4 is 10.9 Å². The first-order valence-electron chi connectivity index (χ1n) is 8.99. The Balaban J connectivity index is 1.97. The highest BCUT2D eigenvalue weighted by molar-refractivity contribution is 5.86. The predicted molar refractivity (Wildman–Crippen MR) is 106 cm³/mol. The maximum Gasteiger partial charge on any atom is 0.146 e. The third-order valence-electron chi connectivity index (χ3n) is 4.60. The number of hydrogen-bond donors (Lipinski definition) is 1. The molecule has 2 aromatic carbocycles. The molecule has 4 aromatic rings. The lowest BCUT2D eigenvalue weighted by atomic mass is 9.86. The third kappa shape index (κ3) is 3.22. The largest absolute Gasteiger partial charge is 0.505 e. The first-order chi connectivity index (χ1) is 13.3. The number of phenols is 1. The number of pyridine rings is 2. The summed E-state index contributed by atoms with van der Waals surface area (Å²) < 4.78 is 5.86. The second-order valence-corrected chi connectivity index (χ2v) is 6.24. The maximum atomic E-state index is 11.0. The van der Waals surface area contributed by atoms with Crippen LogP contribution in [0.25, 0.3) is 10.9 Å². The van der Waals surface area contributed by atoms with Crippen molar-refractivity contribution in [1.29, 1.82) is 0 Å². The fourth-order valence-electron chi connectivity index (χ4n) is 3.42. The maximum absolute atomic E-state index is 11.0. The summed E-state index contributed by atoms with van der Waals surface area (Å²) in [7, 11) is 0. The molecule has 4 nitrogen and oxygen atoms in total. The van der Waals surface area contributed by atoms with E-state index in [4.69, 9.17) is 4.74 Å². The zero-order valence-corrected chi connectivity index (χ0v) is 15.0. The number of ether oxygens (including phenoxy) is 1. The first-order valence-corrected chi connectivity index (χ1v) is 8.99. The molecule has 2 aromatic heterocycles. The summed E-state index contributed by atoms with van der Waals surface area (Å²) in [5.74, 6) is 0.701. The third-order valence-corrected chi connectivity index (χ3v) is 4.60. The van der Waals surface area contributed by atoms with Crippen molar-refractivity contribution in [1.82, 2.24) is 9.97 Å². The van der Waals surface area contributed by atoms with Gasteiger partial charge in [0.2, 0.25) is 0 Å². The molecule has 0 saturated heterocycles. The molecular formula is C23H20N2O2. The van der Waals surface area contributed by atoms with Crippen molar-refractivity contribution in [3.63, 3.8) is 0 Å². The van der Waals surface area contributed by atoms with E-state index in [1.54, 1.807) is 12.4 Å². The normalized spacial score (nSPS) is 12.0. The molecule has 0 fully saturated rings. The van der Waals surface area contributed by atoms with Crippen LogP contribution < -0.4 is 4.74 Å². The Hall–Kier alpha value is -3.40. The second-order valence-electron chi connectivity index (χ2n) is 6.24. The van der Waals surface area contributed by atoms with Crippen LogP contribution in [0.2, 0.25) is 0 Å². The van der Waals surface area contributed by atoms with Gasteiger partial charge in [-0.25, -0.2) is 0 Å². The standard InChI is InChI=1S/C23H20N2O2/c1-2-27-20-11-4-3-9-17(20)21(19-10-5-6-14-24-19)18-13-12-16-8-7-15-25-22(16)23(18)26/h3-15,21,26H,2H2,1H3/t21-/m0/s1. The minimum atomic E-state index is -0.264. The Morgan fingerprint density at radius 2 is 1.67 bits per heavy atom. The Bertz CT molecular complexity index is 1060. The molecule has 0 saturated carbocycles. The molecule has 0 spiro atoms. The van der Waals surface area contributed by atoms with Gasteiger partial charge in [-0.05, 0) is 31.2 Å². The molecule has 0 aliphatic heterocycles. The van der Waals surface area contributed by atoms with Crippen LogP contribution in [0, 0.1) is 0 Å². The average molecular weight is 356 g/mol. The summed E-state index contributed by atoms with van der Waals surface area (Å²) in [6.45, 7) is 2.53. The quantitative estimate of drug-likeness (QED) is 0.552. The zero-order valence-electron chi connectivity index (χ0n) is 15.0. The lowest BCUT2D eigenvalue weighted by molar-refractivity contribution is 0.336. The van der Waals surface area contributed by atoms with Crippen molar-refractivity contribution in [2.45, 2.75) is 12.8 Å². The minimum absolute atomic E-state index is 0.176. The number of fused-ring (bicyclic) bond motifs is 1. The van der Waals surface area contributed by atoms with Crippen molar-refractivity contribution in [2.24, 2.45) is 0 Å². The van der Waals surface area contributed by atoms with Gasteiger partial charge in [0.05, 0.1) is 18.2 Å². The summed E-state index contributed by atoms with van der Waals surface area (Å²) in [5, 5.41) is 11.9. The van der Waals surface area contributed by atoms with E-state index in [0.29, 0.717) is 12.1 Å². The van der Waals surface area contributed by atoms with Gasteiger partial charge in [-0.2, -0.15) is 0 Å². The Morgan fingerprint density at radius 3 is 2.48 bits per heavy atom. The number of phenolic OH excluding ortho intramolecular Hbond substituents is 1. The molecule has 0 bridgehead atoms. The molecular weight excluding hydrogens is 336 g/mol. The molecule has 4 heteroatoms. The number of benzene rings is 2. The minimum Gasteiger partial charge on any atom is -0.505 e. The van der Waals surface area contributed by atoms with Crippen LogP contribution in [0.4, 0.5) is 0 Å². The van der Waals surface area contributed by atoms with E-state index in [1.807, 2.05) is 73.7 Å². The van der Waals surface area contributed by atoms with Gasteiger partial charge in [0, 0.05) is 28.9 Å². The molecule has 2 heterocycles. The van der Waals surface area contributed by atoms with Crippen LogP contribution >= 0.6 is 0 Å². The molecule has 27 heavy (non-hydrogen) atoms. The SMILES string of the molecule is CCOc1ccccc1[C@H](c1ccccn1)c1ccc2cccnc2c1O. The van der Waals surface area contributed by atoms with Gasteiger partial charge in [-0.15, -0.1) is 0 Å². The average Bonchev–Trinajstić information content (AvgIpc) is 2.72. The molecule has 1 atom stereocenters. The van der Waals surface area contributed by atoms with Crippen LogP contribution in [0.15, 0.2) is 79.1 Å². The van der Waals surface area contributed by atoms with E-state index in [2.05, 4.69) is 9.97 Å². The Morgan fingerprint density at radius 1 is 0.852 bits per heavy atom. The highest BCUT2D eigenvalue weighted by Gasteiger charge is 2.25. The van der Waals surface area contributed by atoms with Crippen LogP contribution in [-0.4, -0.2) is 21.7 Å². The van der Waals surface area contributed by atoms with Crippen molar-refractivity contribution in [2.75, 3.05) is 6.61 Å². The highest BCUT2D eigenvalue weighted by atomic mass is 16.5. The molecule has 0 amide bonds. The fourth-order valence-corrected chi connectivity index (χ4v) is 3.42. The lowest BCUT2D eigenvalue weighted by Gasteiger charge is -2.22. The van der Waals surface area contributed by atoms with E-state index in [9.17, 15) is 5.11 Å². The second kappa shape index (κ2) is 7.46. The van der Waals surface area contributed by atoms with Gasteiger partial charge in [0.25, 0.3) is 0 Å². The summed E-state index contributed by atoms with van der Waals surface area (Å²) in [4.78, 5) is 8.94. The Kier molecular flexibility index (Phi) is 4.71. The molecule has 1 N–H and O–H groups in total. The summed E-state index contributed by atoms with van der Waals surface area (Å²) in [5.41, 5.74) is 3.15. The highest BCUT2D eigenvalue weighted by Crippen LogP contribution is 2.41. The molecule has 134 valence electrons. The van der Waals surface area contributed by atoms with Gasteiger partial charge in [-0.1, -0.05) is 42.5 Å². The van der Waals surface area contributed by atoms with E-state index in [-0.39, 0.29) is 11.7 Å². The summed E-state index contributed by atoms with van der Waals surface area (Å²) in [6, 6.07) is 21.4. The van der Waals surface area contributed by atoms with E-state index in [0.717, 1.165) is 28.0 Å². The summed E-state index contributed by atoms with van der Waals surface area (Å²) >= 11 is 0. The van der Waals surface area contributed by atoms with Gasteiger partial charge in [-0.3, -0.25) is 9.97 Å². The van der Waals surface area contributed by atoms with E-state index in [1.165, 1.54) is 0 Å². The van der Waals surface area contributed by atoms with Gasteiger partial charge >= 0.3 is 0 Å². The van der Waals surface area contributed by atoms with E-state index >= 15 is 0 Å². The van der Waals surface area contributed by atoms with Crippen LogP contribution in [-0.2, 0) is 0 Å². The fraction of sp³-hybridized carbons (Fsp3) is 0.130. The number of aromatic hydroxyl groups is 1. The monoisotopic (exact) mass is 356 g/mol. The van der Waals surface area contributed by atoms with Crippen LogP contribution in [0.5, 0.6) is 11.5 Å². The van der Waals surface area contributed by atoms with Gasteiger partial charge in [0.1, 0.15) is 17.0 Å². The van der Waals surface area contributed by atoms with Gasteiger partial charge in [0.15, 0.2) is 0 Å². The first kappa shape index (κ1) is 17.0. The molecule has 0 unspecified atom stereocenters. The van der Waals surface area contributed by atoms with Crippen molar-refractivity contribution in [3.05, 3.63) is 95.9 Å². The molecule has 4 rings (SSSR count). The van der Waals surface area contributed by atoms with Crippen molar-refractivity contribution < 1.29 is 9.84 Å². The van der Waals surface area contributed by atoms with Gasteiger partial charge < -0.3 is 9.84 Å². The number of aromatic nitrogens is 2. The number of hydrogen-bond acceptors (Lipinski definition) is 4. The Labute approximate surface area is 158 Å². The number of rotatable bonds is 5. The molecule has 0 aliphatic rings. The number of para-hydroxylation sites is 1. The molecule has 0 aliphatic carbocycles. The van der Waals surface area contributed by atoms with Crippen LogP contribution in [0.1, 0.15) is 29.7 Å². The van der Waals surface area contributed by atoms with Crippen LogP contribution in [0.3, 0.4) is 0 Å². The zero-order chi connectivity index (χ0) is 18.6. The lowest BCUT2D eigenvalue weighted by Crippen LogP contribution is -2.08. The topological polar surface area (TPSA) is 55.2 Å². The summed E-state index contributed by atoms with van der Waals surface area (Å²) in [6.07, 6.45) is 3.46. The van der Waals surface area contributed by atoms with E-state index < -0.39 is 0 Å². The van der Waals surface area contributed by atoms with Crippen molar-refractivity contribution in [3.8, 4) is 11.5 Å². The predicted octanol–water partition coefficient (Wildman–Crippen LogP) is 4.91. The number of nitrogens with zero attached hydrogens (tertiary/aromatic N) is 2. The smallest absolute Gasteiger partial charge is 0.146 e.